The molecule has 0 fully saturated rings. The third-order valence-electron chi connectivity index (χ3n) is 3.74. The summed E-state index contributed by atoms with van der Waals surface area (Å²) in [6, 6.07) is 4.19. The number of fused-ring (bicyclic) bond motifs is 1. The van der Waals surface area contributed by atoms with E-state index in [0.29, 0.717) is 10.9 Å². The van der Waals surface area contributed by atoms with Crippen LogP contribution in [0.1, 0.15) is 5.56 Å². The van der Waals surface area contributed by atoms with Gasteiger partial charge in [-0.2, -0.15) is 30.7 Å². The zero-order valence-electron chi connectivity index (χ0n) is 13.1. The maximum Gasteiger partial charge on any atom is 0.460 e. The van der Waals surface area contributed by atoms with Gasteiger partial charge in [0, 0.05) is 23.5 Å². The van der Waals surface area contributed by atoms with E-state index in [4.69, 9.17) is 5.11 Å². The number of nitrogens with one attached hydrogen (secondary N) is 2. The van der Waals surface area contributed by atoms with Gasteiger partial charge in [0.05, 0.1) is 0 Å². The van der Waals surface area contributed by atoms with E-state index in [1.165, 1.54) is 12.3 Å². The molecule has 12 heteroatoms. The minimum atomic E-state index is -6.70. The molecule has 2 aromatic rings. The molecule has 0 aliphatic rings. The van der Waals surface area contributed by atoms with Gasteiger partial charge in [0.15, 0.2) is 0 Å². The van der Waals surface area contributed by atoms with Crippen molar-refractivity contribution >= 4 is 22.8 Å². The van der Waals surface area contributed by atoms with E-state index in [0.717, 1.165) is 5.32 Å². The Kier molecular flexibility index (Phi) is 5.12. The number of carboxylic acids is 1. The van der Waals surface area contributed by atoms with E-state index in [2.05, 4.69) is 4.98 Å². The van der Waals surface area contributed by atoms with Gasteiger partial charge in [0.2, 0.25) is 0 Å². The zero-order chi connectivity index (χ0) is 20.6. The van der Waals surface area contributed by atoms with Crippen LogP contribution in [0.25, 0.3) is 10.9 Å². The average molecular weight is 400 g/mol. The van der Waals surface area contributed by atoms with Crippen molar-refractivity contribution in [2.24, 2.45) is 0 Å². The molecule has 5 nitrogen and oxygen atoms in total. The number of aromatic amines is 1. The van der Waals surface area contributed by atoms with Crippen LogP contribution in [0.15, 0.2) is 30.5 Å². The molecule has 3 N–H and O–H groups in total. The van der Waals surface area contributed by atoms with Crippen molar-refractivity contribution in [3.8, 4) is 0 Å². The Balaban J connectivity index is 2.26. The van der Waals surface area contributed by atoms with Gasteiger partial charge in [-0.25, -0.2) is 4.79 Å². The molecule has 0 aliphatic heterocycles. The third kappa shape index (κ3) is 3.69. The van der Waals surface area contributed by atoms with Gasteiger partial charge in [0.1, 0.15) is 6.04 Å². The first-order chi connectivity index (χ1) is 12.3. The smallest absolute Gasteiger partial charge is 0.460 e. The number of rotatable bonds is 6. The monoisotopic (exact) mass is 400 g/mol. The maximum atomic E-state index is 13.4. The molecule has 0 bridgehead atoms. The summed E-state index contributed by atoms with van der Waals surface area (Å²) < 4.78 is 89.0. The number of aromatic nitrogens is 1. The Bertz CT molecular complexity index is 860. The second-order valence-electron chi connectivity index (χ2n) is 5.57. The fourth-order valence-electron chi connectivity index (χ4n) is 2.29. The van der Waals surface area contributed by atoms with E-state index in [1.54, 1.807) is 18.2 Å². The predicted octanol–water partition coefficient (Wildman–Crippen LogP) is 3.11. The number of halogens is 7. The summed E-state index contributed by atoms with van der Waals surface area (Å²) in [5.41, 5.74) is 0.765. The number of amides is 1. The largest absolute Gasteiger partial charge is 0.480 e. The van der Waals surface area contributed by atoms with Crippen LogP contribution < -0.4 is 5.32 Å². The molecule has 1 heterocycles. The van der Waals surface area contributed by atoms with Gasteiger partial charge in [-0.1, -0.05) is 18.2 Å². The molecule has 1 atom stereocenters. The summed E-state index contributed by atoms with van der Waals surface area (Å²) in [6.07, 6.45) is -6.03. The highest BCUT2D eigenvalue weighted by molar-refractivity contribution is 5.90. The lowest BCUT2D eigenvalue weighted by atomic mass is 10.0. The Morgan fingerprint density at radius 3 is 2.22 bits per heavy atom. The van der Waals surface area contributed by atoms with E-state index in [-0.39, 0.29) is 5.56 Å². The topological polar surface area (TPSA) is 82.2 Å². The van der Waals surface area contributed by atoms with Gasteiger partial charge in [-0.3, -0.25) is 4.79 Å². The zero-order valence-corrected chi connectivity index (χ0v) is 13.1. The second-order valence-corrected chi connectivity index (χ2v) is 5.57. The molecular weight excluding hydrogens is 389 g/mol. The first-order valence-electron chi connectivity index (χ1n) is 7.20. The fourth-order valence-corrected chi connectivity index (χ4v) is 2.29. The maximum absolute atomic E-state index is 13.4. The molecule has 0 saturated heterocycles. The first-order valence-corrected chi connectivity index (χ1v) is 7.20. The normalized spacial score (nSPS) is 14.2. The number of para-hydroxylation sites is 1. The SMILES string of the molecule is O=C(O)C(Cc1c[nH]c2ccccc12)NC(=O)C(F)(F)C(F)(F)C(F)(F)F. The van der Waals surface area contributed by atoms with Crippen molar-refractivity contribution in [1.29, 1.82) is 0 Å². The summed E-state index contributed by atoms with van der Waals surface area (Å²) in [4.78, 5) is 25.3. The number of carboxylic acid groups (broad SMARTS) is 1. The van der Waals surface area contributed by atoms with Crippen LogP contribution >= 0.6 is 0 Å². The summed E-state index contributed by atoms with van der Waals surface area (Å²) in [5.74, 6) is -17.8. The van der Waals surface area contributed by atoms with Crippen LogP contribution in [0, 0.1) is 0 Å². The van der Waals surface area contributed by atoms with Crippen LogP contribution in [0.2, 0.25) is 0 Å². The minimum absolute atomic E-state index is 0.226. The Labute approximate surface area is 146 Å². The van der Waals surface area contributed by atoms with Crippen molar-refractivity contribution in [2.45, 2.75) is 30.5 Å². The van der Waals surface area contributed by atoms with Crippen LogP contribution in [0.4, 0.5) is 30.7 Å². The molecule has 1 amide bonds. The van der Waals surface area contributed by atoms with Crippen molar-refractivity contribution in [1.82, 2.24) is 10.3 Å². The second kappa shape index (κ2) is 6.74. The summed E-state index contributed by atoms with van der Waals surface area (Å²) in [7, 11) is 0. The molecule has 1 unspecified atom stereocenters. The molecule has 27 heavy (non-hydrogen) atoms. The molecule has 0 saturated carbocycles. The number of H-pyrrole nitrogens is 1. The van der Waals surface area contributed by atoms with E-state index in [9.17, 15) is 40.3 Å². The Morgan fingerprint density at radius 2 is 1.67 bits per heavy atom. The van der Waals surface area contributed by atoms with Crippen LogP contribution in [-0.2, 0) is 16.0 Å². The lowest BCUT2D eigenvalue weighted by molar-refractivity contribution is -0.344. The molecule has 1 aromatic heterocycles. The lowest BCUT2D eigenvalue weighted by Crippen LogP contribution is -2.61. The van der Waals surface area contributed by atoms with Crippen molar-refractivity contribution in [3.63, 3.8) is 0 Å². The molecule has 148 valence electrons. The molecular formula is C15H11F7N2O3. The summed E-state index contributed by atoms with van der Waals surface area (Å²) in [6.45, 7) is 0. The Hall–Kier alpha value is -2.79. The number of carbonyl (C=O) groups is 2. The summed E-state index contributed by atoms with van der Waals surface area (Å²) in [5, 5.41) is 10.6. The van der Waals surface area contributed by atoms with Crippen molar-refractivity contribution in [3.05, 3.63) is 36.0 Å². The fraction of sp³-hybridized carbons (Fsp3) is 0.333. The number of hydrogen-bond donors (Lipinski definition) is 3. The highest BCUT2D eigenvalue weighted by atomic mass is 19.4. The number of hydrogen-bond acceptors (Lipinski definition) is 2. The first kappa shape index (κ1) is 20.5. The number of alkyl halides is 7. The van der Waals surface area contributed by atoms with Gasteiger partial charge >= 0.3 is 24.0 Å². The quantitative estimate of drug-likeness (QED) is 0.652. The minimum Gasteiger partial charge on any atom is -0.480 e. The molecule has 1 aromatic carbocycles. The van der Waals surface area contributed by atoms with Crippen LogP contribution in [0.3, 0.4) is 0 Å². The van der Waals surface area contributed by atoms with Gasteiger partial charge < -0.3 is 15.4 Å². The number of carbonyl (C=O) groups excluding carboxylic acids is 1. The standard InChI is InChI=1S/C15H11F7N2O3/c16-13(17,14(18,19)15(20,21)22)12(27)24-10(11(25)26)5-7-6-23-9-4-2-1-3-8(7)9/h1-4,6,10,23H,5H2,(H,24,27)(H,25,26). The number of benzene rings is 1. The molecule has 0 spiro atoms. The highest BCUT2D eigenvalue weighted by Crippen LogP contribution is 2.46. The average Bonchev–Trinajstić information content (AvgIpc) is 2.96. The van der Waals surface area contributed by atoms with Gasteiger partial charge in [-0.05, 0) is 11.6 Å². The van der Waals surface area contributed by atoms with E-state index >= 15 is 0 Å². The van der Waals surface area contributed by atoms with Crippen LogP contribution in [-0.4, -0.2) is 46.0 Å². The molecule has 0 radical (unpaired) electrons. The molecule has 2 rings (SSSR count). The highest BCUT2D eigenvalue weighted by Gasteiger charge is 2.76. The van der Waals surface area contributed by atoms with Gasteiger partial charge in [0.25, 0.3) is 5.91 Å². The Morgan fingerprint density at radius 1 is 1.07 bits per heavy atom. The van der Waals surface area contributed by atoms with E-state index < -0.39 is 42.4 Å². The van der Waals surface area contributed by atoms with Crippen molar-refractivity contribution in [2.75, 3.05) is 0 Å². The van der Waals surface area contributed by atoms with E-state index in [1.807, 2.05) is 0 Å². The van der Waals surface area contributed by atoms with Crippen LogP contribution in [0.5, 0.6) is 0 Å². The predicted molar refractivity (Wildman–Crippen MR) is 77.5 cm³/mol. The number of aliphatic carboxylic acids is 1. The molecule has 0 aliphatic carbocycles. The summed E-state index contributed by atoms with van der Waals surface area (Å²) >= 11 is 0. The van der Waals surface area contributed by atoms with Crippen molar-refractivity contribution < 1.29 is 45.4 Å². The van der Waals surface area contributed by atoms with Gasteiger partial charge in [-0.15, -0.1) is 0 Å². The lowest BCUT2D eigenvalue weighted by Gasteiger charge is -2.28. The third-order valence-corrected chi connectivity index (χ3v) is 3.74.